The molecule has 0 atom stereocenters. The standard InChI is InChI=1S/C8H9O3S/c1-5(2)11-7(9)6-3-4-12-8(6)10/h3-5H,1-2H3. The van der Waals surface area contributed by atoms with Crippen molar-refractivity contribution in [3.63, 3.8) is 0 Å². The highest BCUT2D eigenvalue weighted by Gasteiger charge is 2.15. The molecule has 1 radical (unpaired) electrons. The van der Waals surface area contributed by atoms with Gasteiger partial charge in [-0.05, 0) is 25.3 Å². The fourth-order valence-electron chi connectivity index (χ4n) is 0.724. The summed E-state index contributed by atoms with van der Waals surface area (Å²) in [6, 6.07) is 1.48. The van der Waals surface area contributed by atoms with Gasteiger partial charge in [0.15, 0.2) is 0 Å². The van der Waals surface area contributed by atoms with Gasteiger partial charge in [-0.2, -0.15) is 0 Å². The fourth-order valence-corrected chi connectivity index (χ4v) is 1.33. The normalized spacial score (nSPS) is 10.2. The van der Waals surface area contributed by atoms with E-state index in [1.807, 2.05) is 0 Å². The summed E-state index contributed by atoms with van der Waals surface area (Å²) in [7, 11) is 0. The number of hydrogen-bond acceptors (Lipinski definition) is 3. The Morgan fingerprint density at radius 1 is 1.58 bits per heavy atom. The van der Waals surface area contributed by atoms with Gasteiger partial charge in [0.2, 0.25) is 5.06 Å². The van der Waals surface area contributed by atoms with E-state index >= 15 is 0 Å². The summed E-state index contributed by atoms with van der Waals surface area (Å²) in [5.41, 5.74) is 0.133. The van der Waals surface area contributed by atoms with E-state index in [4.69, 9.17) is 4.74 Å². The van der Waals surface area contributed by atoms with E-state index in [1.54, 1.807) is 19.2 Å². The van der Waals surface area contributed by atoms with Crippen LogP contribution < -0.4 is 0 Å². The third-order valence-corrected chi connectivity index (χ3v) is 1.90. The Labute approximate surface area is 74.6 Å². The van der Waals surface area contributed by atoms with E-state index < -0.39 is 5.97 Å². The Bertz CT molecular complexity index is 278. The van der Waals surface area contributed by atoms with Crippen LogP contribution >= 0.6 is 11.3 Å². The van der Waals surface area contributed by atoms with Crippen molar-refractivity contribution in [2.45, 2.75) is 20.0 Å². The number of esters is 1. The quantitative estimate of drug-likeness (QED) is 0.664. The predicted molar refractivity (Wildman–Crippen MR) is 45.0 cm³/mol. The average Bonchev–Trinajstić information content (AvgIpc) is 2.33. The molecule has 1 aromatic heterocycles. The Morgan fingerprint density at radius 3 is 2.67 bits per heavy atom. The van der Waals surface area contributed by atoms with E-state index in [0.29, 0.717) is 0 Å². The number of carbonyl (C=O) groups is 1. The van der Waals surface area contributed by atoms with Crippen LogP contribution in [0.3, 0.4) is 0 Å². The summed E-state index contributed by atoms with van der Waals surface area (Å²) >= 11 is 1.00. The maximum atomic E-state index is 11.1. The largest absolute Gasteiger partial charge is 0.459 e. The molecule has 65 valence electrons. The minimum Gasteiger partial charge on any atom is -0.459 e. The molecule has 4 heteroatoms. The third-order valence-electron chi connectivity index (χ3n) is 1.19. The zero-order valence-electron chi connectivity index (χ0n) is 6.87. The molecule has 3 nitrogen and oxygen atoms in total. The number of thiophene rings is 1. The predicted octanol–water partition coefficient (Wildman–Crippen LogP) is 2.46. The van der Waals surface area contributed by atoms with Crippen LogP contribution in [-0.4, -0.2) is 12.1 Å². The van der Waals surface area contributed by atoms with Crippen LogP contribution in [0, 0.1) is 0 Å². The lowest BCUT2D eigenvalue weighted by molar-refractivity contribution is 0.0374. The molecule has 0 saturated carbocycles. The van der Waals surface area contributed by atoms with E-state index in [9.17, 15) is 9.90 Å². The summed E-state index contributed by atoms with van der Waals surface area (Å²) in [5, 5.41) is 12.3. The topological polar surface area (TPSA) is 46.2 Å². The molecule has 0 fully saturated rings. The van der Waals surface area contributed by atoms with Gasteiger partial charge in [-0.25, -0.2) is 4.79 Å². The Morgan fingerprint density at radius 2 is 2.25 bits per heavy atom. The second-order valence-electron chi connectivity index (χ2n) is 2.58. The molecule has 0 bridgehead atoms. The van der Waals surface area contributed by atoms with Crippen molar-refractivity contribution in [2.24, 2.45) is 0 Å². The molecule has 1 heterocycles. The number of rotatable bonds is 2. The summed E-state index contributed by atoms with van der Waals surface area (Å²) in [4.78, 5) is 11.1. The molecule has 0 N–H and O–H groups in total. The maximum absolute atomic E-state index is 11.1. The van der Waals surface area contributed by atoms with Gasteiger partial charge in [-0.1, -0.05) is 0 Å². The van der Waals surface area contributed by atoms with Crippen molar-refractivity contribution in [1.29, 1.82) is 0 Å². The van der Waals surface area contributed by atoms with Gasteiger partial charge in [0.25, 0.3) is 0 Å². The van der Waals surface area contributed by atoms with Crippen molar-refractivity contribution in [2.75, 3.05) is 0 Å². The van der Waals surface area contributed by atoms with Crippen LogP contribution in [0.25, 0.3) is 0 Å². The molecule has 0 aliphatic heterocycles. The number of hydrogen-bond donors (Lipinski definition) is 0. The molecular formula is C8H9O3S. The molecule has 12 heavy (non-hydrogen) atoms. The van der Waals surface area contributed by atoms with Crippen molar-refractivity contribution in [3.8, 4) is 5.06 Å². The second kappa shape index (κ2) is 3.58. The Kier molecular flexibility index (Phi) is 2.70. The van der Waals surface area contributed by atoms with Crippen molar-refractivity contribution >= 4 is 17.3 Å². The van der Waals surface area contributed by atoms with Gasteiger partial charge >= 0.3 is 5.97 Å². The van der Waals surface area contributed by atoms with Gasteiger partial charge in [-0.15, -0.1) is 11.3 Å². The number of carbonyl (C=O) groups excluding carboxylic acids is 1. The molecule has 1 rings (SSSR count). The Hall–Kier alpha value is -1.03. The molecule has 0 spiro atoms. The first-order chi connectivity index (χ1) is 5.61. The van der Waals surface area contributed by atoms with Gasteiger partial charge in [-0.3, -0.25) is 5.11 Å². The minimum absolute atomic E-state index is 0.133. The lowest BCUT2D eigenvalue weighted by Crippen LogP contribution is -2.10. The highest BCUT2D eigenvalue weighted by atomic mass is 32.1. The van der Waals surface area contributed by atoms with Gasteiger partial charge in [0.1, 0.15) is 5.56 Å². The van der Waals surface area contributed by atoms with Gasteiger partial charge in [0.05, 0.1) is 6.10 Å². The lowest BCUT2D eigenvalue weighted by atomic mass is 10.3. The first-order valence-electron chi connectivity index (χ1n) is 3.56. The minimum atomic E-state index is -0.531. The lowest BCUT2D eigenvalue weighted by Gasteiger charge is -2.05. The van der Waals surface area contributed by atoms with E-state index in [2.05, 4.69) is 0 Å². The van der Waals surface area contributed by atoms with Crippen molar-refractivity contribution < 1.29 is 14.6 Å². The first-order valence-corrected chi connectivity index (χ1v) is 4.44. The van der Waals surface area contributed by atoms with Crippen LogP contribution in [0.1, 0.15) is 24.2 Å². The zero-order valence-corrected chi connectivity index (χ0v) is 7.68. The SMILES string of the molecule is CC(C)OC(=O)c1ccsc1[O]. The summed E-state index contributed by atoms with van der Waals surface area (Å²) in [5.74, 6) is -0.531. The van der Waals surface area contributed by atoms with Gasteiger partial charge in [0, 0.05) is 0 Å². The van der Waals surface area contributed by atoms with Crippen LogP contribution in [0.4, 0.5) is 0 Å². The monoisotopic (exact) mass is 185 g/mol. The van der Waals surface area contributed by atoms with Crippen LogP contribution in [0.15, 0.2) is 11.4 Å². The van der Waals surface area contributed by atoms with Crippen molar-refractivity contribution in [3.05, 3.63) is 17.0 Å². The molecule has 0 aromatic carbocycles. The second-order valence-corrected chi connectivity index (χ2v) is 3.45. The average molecular weight is 185 g/mol. The van der Waals surface area contributed by atoms with E-state index in [-0.39, 0.29) is 16.7 Å². The summed E-state index contributed by atoms with van der Waals surface area (Å²) in [6.45, 7) is 3.49. The first kappa shape index (κ1) is 9.06. The van der Waals surface area contributed by atoms with Crippen LogP contribution in [0.5, 0.6) is 5.06 Å². The van der Waals surface area contributed by atoms with E-state index in [0.717, 1.165) is 11.3 Å². The van der Waals surface area contributed by atoms with E-state index in [1.165, 1.54) is 6.07 Å². The maximum Gasteiger partial charge on any atom is 0.343 e. The molecule has 0 aliphatic rings. The number of ether oxygens (including phenoxy) is 1. The highest BCUT2D eigenvalue weighted by molar-refractivity contribution is 7.12. The highest BCUT2D eigenvalue weighted by Crippen LogP contribution is 2.25. The molecular weight excluding hydrogens is 176 g/mol. The molecule has 0 aliphatic carbocycles. The third kappa shape index (κ3) is 1.98. The summed E-state index contributed by atoms with van der Waals surface area (Å²) in [6.07, 6.45) is -0.184. The molecule has 1 aromatic rings. The zero-order chi connectivity index (χ0) is 9.14. The van der Waals surface area contributed by atoms with Gasteiger partial charge < -0.3 is 4.74 Å². The van der Waals surface area contributed by atoms with Crippen LogP contribution in [-0.2, 0) is 9.84 Å². The summed E-state index contributed by atoms with van der Waals surface area (Å²) < 4.78 is 4.84. The van der Waals surface area contributed by atoms with Crippen LogP contribution in [0.2, 0.25) is 0 Å². The molecule has 0 saturated heterocycles. The van der Waals surface area contributed by atoms with Crippen molar-refractivity contribution in [1.82, 2.24) is 0 Å². The fraction of sp³-hybridized carbons (Fsp3) is 0.375. The Balaban J connectivity index is 2.72. The molecule has 0 amide bonds. The smallest absolute Gasteiger partial charge is 0.343 e. The molecule has 0 unspecified atom stereocenters.